The Balaban J connectivity index is 1.37. The van der Waals surface area contributed by atoms with E-state index in [1.54, 1.807) is 6.07 Å². The van der Waals surface area contributed by atoms with E-state index in [0.717, 1.165) is 73.6 Å². The van der Waals surface area contributed by atoms with Gasteiger partial charge in [-0.25, -0.2) is 12.8 Å². The fourth-order valence-electron chi connectivity index (χ4n) is 6.94. The summed E-state index contributed by atoms with van der Waals surface area (Å²) in [6.07, 6.45) is 1.74. The molecule has 3 aromatic rings. The number of fused-ring (bicyclic) bond motifs is 1. The van der Waals surface area contributed by atoms with Crippen LogP contribution in [0.15, 0.2) is 72.8 Å². The van der Waals surface area contributed by atoms with Crippen LogP contribution in [0, 0.1) is 5.82 Å². The van der Waals surface area contributed by atoms with Gasteiger partial charge in [-0.05, 0) is 135 Å². The number of halogens is 4. The molecule has 0 amide bonds. The van der Waals surface area contributed by atoms with Crippen LogP contribution < -0.4 is 0 Å². The number of rotatable bonds is 20. The number of benzene rings is 3. The summed E-state index contributed by atoms with van der Waals surface area (Å²) < 4.78 is 75.9. The molecule has 0 radical (unpaired) electrons. The molecule has 0 heterocycles. The number of unbranched alkanes of at least 4 members (excludes halogenated alkanes) is 4. The summed E-state index contributed by atoms with van der Waals surface area (Å²) in [5.74, 6) is -1.76. The molecule has 0 saturated heterocycles. The third-order valence-corrected chi connectivity index (χ3v) is 11.4. The minimum Gasteiger partial charge on any atom is -0.508 e. The van der Waals surface area contributed by atoms with Crippen molar-refractivity contribution in [3.05, 3.63) is 101 Å². The Hall–Kier alpha value is -3.70. The summed E-state index contributed by atoms with van der Waals surface area (Å²) in [6.45, 7) is 0.868. The molecule has 1 aliphatic rings. The van der Waals surface area contributed by atoms with Crippen molar-refractivity contribution in [2.75, 3.05) is 24.6 Å². The van der Waals surface area contributed by atoms with Crippen LogP contribution in [0.2, 0.25) is 0 Å². The molecule has 1 aliphatic carbocycles. The number of aromatic hydroxyl groups is 1. The molecule has 1 atom stereocenters. The van der Waals surface area contributed by atoms with Gasteiger partial charge >= 0.3 is 12.1 Å². The first-order valence-corrected chi connectivity index (χ1v) is 19.7. The molecule has 0 spiro atoms. The molecule has 0 fully saturated rings. The Kier molecular flexibility index (Phi) is 15.1. The largest absolute Gasteiger partial charge is 0.508 e. The van der Waals surface area contributed by atoms with E-state index in [2.05, 4.69) is 0 Å². The second-order valence-electron chi connectivity index (χ2n) is 13.5. The van der Waals surface area contributed by atoms with Crippen LogP contribution in [0.5, 0.6) is 5.75 Å². The van der Waals surface area contributed by atoms with Crippen LogP contribution in [-0.2, 0) is 27.5 Å². The number of sulfone groups is 1. The first kappa shape index (κ1) is 40.1. The average molecular weight is 732 g/mol. The number of aliphatic carboxylic acids is 1. The topological polar surface area (TPSA) is 94.9 Å². The van der Waals surface area contributed by atoms with Crippen molar-refractivity contribution < 1.29 is 41.0 Å². The Morgan fingerprint density at radius 3 is 2.18 bits per heavy atom. The number of phenols is 1. The molecule has 2 N–H and O–H groups in total. The number of alkyl halides is 3. The van der Waals surface area contributed by atoms with Gasteiger partial charge in [-0.15, -0.1) is 0 Å². The van der Waals surface area contributed by atoms with Crippen LogP contribution in [0.4, 0.5) is 17.6 Å². The lowest BCUT2D eigenvalue weighted by molar-refractivity contribution is -0.143. The van der Waals surface area contributed by atoms with Crippen molar-refractivity contribution in [3.8, 4) is 5.75 Å². The van der Waals surface area contributed by atoms with E-state index >= 15 is 0 Å². The number of hydrogen-bond acceptors (Lipinski definition) is 5. The van der Waals surface area contributed by atoms with Gasteiger partial charge in [0.1, 0.15) is 27.4 Å². The molecule has 0 bridgehead atoms. The highest BCUT2D eigenvalue weighted by Crippen LogP contribution is 2.39. The predicted molar refractivity (Wildman–Crippen MR) is 194 cm³/mol. The number of phenolic OH excluding ortho intramolecular Hbond substituents is 1. The van der Waals surface area contributed by atoms with Crippen LogP contribution in [-0.4, -0.2) is 66.3 Å². The lowest BCUT2D eigenvalue weighted by Crippen LogP contribution is -2.44. The second kappa shape index (κ2) is 19.2. The van der Waals surface area contributed by atoms with Crippen molar-refractivity contribution >= 4 is 27.0 Å². The molecule has 0 saturated carbocycles. The summed E-state index contributed by atoms with van der Waals surface area (Å²) in [4.78, 5) is 14.4. The zero-order valence-corrected chi connectivity index (χ0v) is 29.8. The number of carboxylic acids is 1. The molecule has 3 aromatic carbocycles. The predicted octanol–water partition coefficient (Wildman–Crippen LogP) is 9.26. The van der Waals surface area contributed by atoms with Crippen LogP contribution in [0.1, 0.15) is 92.9 Å². The van der Waals surface area contributed by atoms with Crippen LogP contribution in [0.25, 0.3) is 11.1 Å². The minimum absolute atomic E-state index is 0.229. The van der Waals surface area contributed by atoms with Crippen molar-refractivity contribution in [2.45, 2.75) is 95.7 Å². The molecule has 0 aliphatic heterocycles. The summed E-state index contributed by atoms with van der Waals surface area (Å²) >= 11 is 0. The fraction of sp³-hybridized carbons (Fsp3) is 0.475. The highest BCUT2D eigenvalue weighted by Gasteiger charge is 2.28. The van der Waals surface area contributed by atoms with E-state index in [1.807, 2.05) is 59.5 Å². The molecule has 0 aromatic heterocycles. The number of allylic oxidation sites excluding steroid dienone is 2. The van der Waals surface area contributed by atoms with Gasteiger partial charge < -0.3 is 10.2 Å². The van der Waals surface area contributed by atoms with Crippen molar-refractivity contribution in [2.24, 2.45) is 0 Å². The smallest absolute Gasteiger partial charge is 0.389 e. The van der Waals surface area contributed by atoms with Gasteiger partial charge in [0.25, 0.3) is 0 Å². The Labute approximate surface area is 299 Å². The van der Waals surface area contributed by atoms with Gasteiger partial charge in [-0.1, -0.05) is 61.4 Å². The average Bonchev–Trinajstić information content (AvgIpc) is 3.25. The summed E-state index contributed by atoms with van der Waals surface area (Å²) in [6, 6.07) is 20.6. The minimum atomic E-state index is -4.39. The molecule has 11 heteroatoms. The molecular formula is C40H49F4NO5S. The first-order valence-electron chi connectivity index (χ1n) is 17.9. The lowest BCUT2D eigenvalue weighted by Gasteiger charge is -2.29. The van der Waals surface area contributed by atoms with E-state index in [1.165, 1.54) is 23.3 Å². The third-order valence-electron chi connectivity index (χ3n) is 9.53. The van der Waals surface area contributed by atoms with Crippen molar-refractivity contribution in [3.63, 3.8) is 0 Å². The van der Waals surface area contributed by atoms with E-state index < -0.39 is 46.6 Å². The number of nitrogens with zero attached hydrogens (tertiary/aromatic N) is 1. The highest BCUT2D eigenvalue weighted by atomic mass is 32.2. The lowest BCUT2D eigenvalue weighted by atomic mass is 9.89. The highest BCUT2D eigenvalue weighted by molar-refractivity contribution is 7.91. The summed E-state index contributed by atoms with van der Waals surface area (Å²) in [7, 11) is -3.64. The van der Waals surface area contributed by atoms with Crippen molar-refractivity contribution in [1.82, 2.24) is 4.90 Å². The maximum Gasteiger partial charge on any atom is 0.389 e. The summed E-state index contributed by atoms with van der Waals surface area (Å²) in [5.41, 5.74) is 6.49. The number of carbonyl (C=O) groups is 1. The van der Waals surface area contributed by atoms with Gasteiger partial charge in [0, 0.05) is 6.42 Å². The van der Waals surface area contributed by atoms with Gasteiger partial charge in [-0.2, -0.15) is 13.2 Å². The Morgan fingerprint density at radius 2 is 1.49 bits per heavy atom. The molecule has 6 nitrogen and oxygen atoms in total. The van der Waals surface area contributed by atoms with E-state index in [4.69, 9.17) is 0 Å². The maximum absolute atomic E-state index is 13.8. The van der Waals surface area contributed by atoms with Gasteiger partial charge in [0.15, 0.2) is 0 Å². The van der Waals surface area contributed by atoms with E-state index in [0.29, 0.717) is 25.9 Å². The normalized spacial score (nSPS) is 14.4. The maximum atomic E-state index is 13.8. The zero-order valence-electron chi connectivity index (χ0n) is 29.0. The number of carboxylic acid groups (broad SMARTS) is 1. The Bertz CT molecular complexity index is 1690. The van der Waals surface area contributed by atoms with Gasteiger partial charge in [-0.3, -0.25) is 9.69 Å². The van der Waals surface area contributed by atoms with Crippen molar-refractivity contribution in [1.29, 1.82) is 0 Å². The molecule has 51 heavy (non-hydrogen) atoms. The molecule has 278 valence electrons. The van der Waals surface area contributed by atoms with Crippen LogP contribution >= 0.6 is 0 Å². The monoisotopic (exact) mass is 731 g/mol. The molecule has 1 unspecified atom stereocenters. The van der Waals surface area contributed by atoms with E-state index in [-0.39, 0.29) is 23.7 Å². The molecular weight excluding hydrogens is 683 g/mol. The standard InChI is InChI=1S/C40H49F4NO5S/c41-33-19-17-31(18-20-33)35-16-10-14-32-29-34(46)21-22-36(32)37(35)15-6-1-2-7-24-45(38(39(47)48)28-30-12-4-3-5-13-30)25-8-9-26-51(49,50)27-11-23-40(42,43)44/h3-5,12-13,17-22,29,38,46H,1-2,6-11,14-16,23-28H2,(H,47,48). The van der Waals surface area contributed by atoms with E-state index in [9.17, 15) is 41.0 Å². The second-order valence-corrected chi connectivity index (χ2v) is 15.8. The van der Waals surface area contributed by atoms with Gasteiger partial charge in [0.2, 0.25) is 0 Å². The number of hydrogen-bond donors (Lipinski definition) is 2. The fourth-order valence-corrected chi connectivity index (χ4v) is 8.37. The quantitative estimate of drug-likeness (QED) is 0.0889. The molecule has 4 rings (SSSR count). The van der Waals surface area contributed by atoms with Gasteiger partial charge in [0.05, 0.1) is 11.5 Å². The zero-order chi connectivity index (χ0) is 36.9. The SMILES string of the molecule is O=C(O)C(Cc1ccccc1)N(CCCCCCC1=C(c2ccc(F)cc2)CCCc2cc(O)ccc21)CCCCS(=O)(=O)CCCC(F)(F)F. The number of aryl methyl sites for hydroxylation is 1. The third kappa shape index (κ3) is 13.4. The summed E-state index contributed by atoms with van der Waals surface area (Å²) in [5, 5.41) is 20.4. The Morgan fingerprint density at radius 1 is 0.824 bits per heavy atom. The van der Waals surface area contributed by atoms with Crippen LogP contribution in [0.3, 0.4) is 0 Å². The first-order chi connectivity index (χ1) is 24.3.